The molecule has 0 radical (unpaired) electrons. The number of non-ortho nitro benzene ring substituents is 1. The van der Waals surface area contributed by atoms with E-state index in [9.17, 15) is 34.1 Å². The number of rotatable bonds is 8. The SMILES string of the molecule is COC(=O)[C@H]1C[C@@H](N(C[C@@H]2CN(C(=O)OC(C)(C)C)CCN2C(=O)OC(C)(C)C)C(=O)Oc2ccc([N+](=O)[O-])cc2)CN1C(=O)OCc1ccccc1. The summed E-state index contributed by atoms with van der Waals surface area (Å²) in [6.45, 7) is 9.90. The van der Waals surface area contributed by atoms with Crippen LogP contribution in [0.25, 0.3) is 0 Å². The van der Waals surface area contributed by atoms with Crippen LogP contribution in [0.3, 0.4) is 0 Å². The lowest BCUT2D eigenvalue weighted by Crippen LogP contribution is -2.62. The first kappa shape index (κ1) is 40.2. The summed E-state index contributed by atoms with van der Waals surface area (Å²) in [5.74, 6) is -0.757. The minimum absolute atomic E-state index is 0.0183. The average Bonchev–Trinajstić information content (AvgIpc) is 3.53. The predicted molar refractivity (Wildman–Crippen MR) is 188 cm³/mol. The summed E-state index contributed by atoms with van der Waals surface area (Å²) in [5, 5.41) is 11.2. The molecule has 2 aliphatic rings. The van der Waals surface area contributed by atoms with Gasteiger partial charge in [0.25, 0.3) is 5.69 Å². The summed E-state index contributed by atoms with van der Waals surface area (Å²) in [5.41, 5.74) is -1.17. The first-order valence-corrected chi connectivity index (χ1v) is 17.1. The van der Waals surface area contributed by atoms with Gasteiger partial charge in [-0.25, -0.2) is 24.0 Å². The fraction of sp³-hybridized carbons (Fsp3) is 0.528. The van der Waals surface area contributed by atoms with E-state index in [0.717, 1.165) is 0 Å². The molecule has 4 amide bonds. The maximum atomic E-state index is 14.1. The van der Waals surface area contributed by atoms with Gasteiger partial charge in [0.2, 0.25) is 0 Å². The Morgan fingerprint density at radius 3 is 2.04 bits per heavy atom. The molecule has 2 heterocycles. The monoisotopic (exact) mass is 741 g/mol. The number of likely N-dealkylation sites (tertiary alicyclic amines) is 1. The van der Waals surface area contributed by atoms with Crippen molar-refractivity contribution in [3.63, 3.8) is 0 Å². The van der Waals surface area contributed by atoms with Crippen molar-refractivity contribution >= 4 is 36.0 Å². The molecule has 53 heavy (non-hydrogen) atoms. The van der Waals surface area contributed by atoms with Crippen molar-refractivity contribution in [2.24, 2.45) is 0 Å². The van der Waals surface area contributed by atoms with Gasteiger partial charge in [-0.15, -0.1) is 0 Å². The second-order valence-electron chi connectivity index (χ2n) is 14.6. The molecule has 0 unspecified atom stereocenters. The van der Waals surface area contributed by atoms with Gasteiger partial charge < -0.3 is 33.5 Å². The number of nitro benzene ring substituents is 1. The van der Waals surface area contributed by atoms with Crippen LogP contribution in [0.15, 0.2) is 54.6 Å². The van der Waals surface area contributed by atoms with Crippen LogP contribution in [0.1, 0.15) is 53.5 Å². The molecule has 288 valence electrons. The first-order chi connectivity index (χ1) is 24.8. The first-order valence-electron chi connectivity index (χ1n) is 17.1. The van der Waals surface area contributed by atoms with Crippen molar-refractivity contribution in [3.8, 4) is 5.75 Å². The van der Waals surface area contributed by atoms with Crippen LogP contribution in [0.2, 0.25) is 0 Å². The third-order valence-electron chi connectivity index (χ3n) is 8.29. The van der Waals surface area contributed by atoms with Crippen molar-refractivity contribution in [2.45, 2.75) is 83.9 Å². The summed E-state index contributed by atoms with van der Waals surface area (Å²) < 4.78 is 27.5. The van der Waals surface area contributed by atoms with E-state index in [0.29, 0.717) is 5.56 Å². The Bertz CT molecular complexity index is 1640. The minimum atomic E-state index is -1.14. The minimum Gasteiger partial charge on any atom is -0.467 e. The van der Waals surface area contributed by atoms with Gasteiger partial charge in [-0.1, -0.05) is 30.3 Å². The third kappa shape index (κ3) is 11.2. The number of amides is 4. The lowest BCUT2D eigenvalue weighted by Gasteiger charge is -2.44. The molecule has 2 aromatic carbocycles. The van der Waals surface area contributed by atoms with Gasteiger partial charge in [0.15, 0.2) is 0 Å². The molecule has 2 fully saturated rings. The van der Waals surface area contributed by atoms with Gasteiger partial charge >= 0.3 is 30.3 Å². The summed E-state index contributed by atoms with van der Waals surface area (Å²) >= 11 is 0. The summed E-state index contributed by atoms with van der Waals surface area (Å²) in [6, 6.07) is 10.9. The van der Waals surface area contributed by atoms with Crippen LogP contribution in [0.5, 0.6) is 5.75 Å². The highest BCUT2D eigenvalue weighted by Gasteiger charge is 2.47. The molecule has 17 nitrogen and oxygen atoms in total. The van der Waals surface area contributed by atoms with Crippen molar-refractivity contribution in [1.82, 2.24) is 19.6 Å². The smallest absolute Gasteiger partial charge is 0.415 e. The molecule has 4 rings (SSSR count). The van der Waals surface area contributed by atoms with Crippen molar-refractivity contribution < 1.29 is 52.6 Å². The molecule has 3 atom stereocenters. The molecule has 2 aromatic rings. The Morgan fingerprint density at radius 1 is 0.830 bits per heavy atom. The fourth-order valence-electron chi connectivity index (χ4n) is 5.86. The number of carbonyl (C=O) groups excluding carboxylic acids is 5. The Morgan fingerprint density at radius 2 is 1.45 bits per heavy atom. The highest BCUT2D eigenvalue weighted by Crippen LogP contribution is 2.28. The van der Waals surface area contributed by atoms with E-state index in [-0.39, 0.29) is 57.2 Å². The largest absolute Gasteiger partial charge is 0.467 e. The number of benzene rings is 2. The molecular formula is C36H47N5O12. The van der Waals surface area contributed by atoms with Gasteiger partial charge in [0, 0.05) is 51.3 Å². The average molecular weight is 742 g/mol. The van der Waals surface area contributed by atoms with E-state index < -0.39 is 64.6 Å². The van der Waals surface area contributed by atoms with Crippen LogP contribution >= 0.6 is 0 Å². The molecule has 0 saturated carbocycles. The molecule has 17 heteroatoms. The van der Waals surface area contributed by atoms with Crippen LogP contribution in [0.4, 0.5) is 24.9 Å². The molecule has 2 aliphatic heterocycles. The quantitative estimate of drug-likeness (QED) is 0.149. The topological polar surface area (TPSA) is 188 Å². The summed E-state index contributed by atoms with van der Waals surface area (Å²) in [7, 11) is 1.18. The highest BCUT2D eigenvalue weighted by molar-refractivity contribution is 5.83. The Kier molecular flexibility index (Phi) is 12.7. The van der Waals surface area contributed by atoms with Gasteiger partial charge in [-0.3, -0.25) is 19.9 Å². The zero-order chi connectivity index (χ0) is 39.1. The normalized spacial score (nSPS) is 18.8. The van der Waals surface area contributed by atoms with E-state index >= 15 is 0 Å². The Labute approximate surface area is 307 Å². The number of hydrogen-bond acceptors (Lipinski definition) is 12. The lowest BCUT2D eigenvalue weighted by atomic mass is 10.1. The number of carbonyl (C=O) groups is 5. The highest BCUT2D eigenvalue weighted by atomic mass is 16.6. The molecular weight excluding hydrogens is 694 g/mol. The zero-order valence-electron chi connectivity index (χ0n) is 31.0. The molecule has 0 N–H and O–H groups in total. The van der Waals surface area contributed by atoms with Crippen molar-refractivity contribution in [2.75, 3.05) is 39.8 Å². The number of hydrogen-bond donors (Lipinski definition) is 0. The van der Waals surface area contributed by atoms with E-state index in [1.165, 1.54) is 51.0 Å². The van der Waals surface area contributed by atoms with Crippen molar-refractivity contribution in [3.05, 3.63) is 70.3 Å². The number of methoxy groups -OCH3 is 1. The van der Waals surface area contributed by atoms with E-state index in [4.69, 9.17) is 23.7 Å². The maximum Gasteiger partial charge on any atom is 0.415 e. The number of nitrogens with zero attached hydrogens (tertiary/aromatic N) is 5. The fourth-order valence-corrected chi connectivity index (χ4v) is 5.86. The van der Waals surface area contributed by atoms with E-state index in [2.05, 4.69) is 0 Å². The second kappa shape index (κ2) is 16.8. The molecule has 0 spiro atoms. The summed E-state index contributed by atoms with van der Waals surface area (Å²) in [4.78, 5) is 83.2. The molecule has 2 saturated heterocycles. The third-order valence-corrected chi connectivity index (χ3v) is 8.29. The van der Waals surface area contributed by atoms with Crippen LogP contribution in [-0.2, 0) is 30.3 Å². The zero-order valence-corrected chi connectivity index (χ0v) is 31.0. The van der Waals surface area contributed by atoms with E-state index in [1.807, 2.05) is 6.07 Å². The predicted octanol–water partition coefficient (Wildman–Crippen LogP) is 5.20. The van der Waals surface area contributed by atoms with Crippen LogP contribution in [-0.4, -0.2) is 124 Å². The molecule has 0 aliphatic carbocycles. The lowest BCUT2D eigenvalue weighted by molar-refractivity contribution is -0.384. The Hall–Kier alpha value is -5.61. The second-order valence-corrected chi connectivity index (χ2v) is 14.6. The maximum absolute atomic E-state index is 14.1. The number of nitro groups is 1. The molecule has 0 bridgehead atoms. The van der Waals surface area contributed by atoms with Gasteiger partial charge in [0.1, 0.15) is 29.6 Å². The molecule has 0 aromatic heterocycles. The van der Waals surface area contributed by atoms with Crippen LogP contribution < -0.4 is 4.74 Å². The van der Waals surface area contributed by atoms with Gasteiger partial charge in [-0.05, 0) is 59.2 Å². The number of ether oxygens (including phenoxy) is 5. The Balaban J connectivity index is 1.68. The van der Waals surface area contributed by atoms with E-state index in [1.54, 1.807) is 65.8 Å². The summed E-state index contributed by atoms with van der Waals surface area (Å²) in [6.07, 6.45) is -3.15. The van der Waals surface area contributed by atoms with Crippen LogP contribution in [0, 0.1) is 10.1 Å². The van der Waals surface area contributed by atoms with Gasteiger partial charge in [0.05, 0.1) is 24.1 Å². The number of piperazine rings is 1. The standard InChI is InChI=1S/C36H47N5O12/c1-35(2,3)52-31(43)37-17-18-38(34(46)53-36(4,5)6)27(20-37)22-39(33(45)51-28-15-13-25(14-16-28)41(47)48)26-19-29(30(42)49-7)40(21-26)32(44)50-23-24-11-9-8-10-12-24/h8-16,26-27,29H,17-23H2,1-7H3/t26-,27+,29-/m1/s1. The van der Waals surface area contributed by atoms with Gasteiger partial charge in [-0.2, -0.15) is 0 Å². The van der Waals surface area contributed by atoms with Crippen molar-refractivity contribution in [1.29, 1.82) is 0 Å². The number of esters is 1.